The highest BCUT2D eigenvalue weighted by Gasteiger charge is 2.14. The predicted molar refractivity (Wildman–Crippen MR) is 64.1 cm³/mol. The minimum Gasteiger partial charge on any atom is -0.444 e. The van der Waals surface area contributed by atoms with Crippen LogP contribution in [0.1, 0.15) is 18.6 Å². The maximum Gasteiger partial charge on any atom is 0.311 e. The minimum absolute atomic E-state index is 0.0697. The standard InChI is InChI=1S/C11H12N4O3/c1-2-8-6-13-10(18-8)7-14-11-9(15(16)17)4-3-5-12-11/h3-6H,2,7H2,1H3,(H,12,14). The van der Waals surface area contributed by atoms with Crippen molar-refractivity contribution in [3.05, 3.63) is 46.3 Å². The van der Waals surface area contributed by atoms with Gasteiger partial charge >= 0.3 is 5.69 Å². The number of rotatable bonds is 5. The number of oxazole rings is 1. The first kappa shape index (κ1) is 12.0. The molecule has 0 aliphatic rings. The van der Waals surface area contributed by atoms with Gasteiger partial charge in [-0.1, -0.05) is 6.92 Å². The molecule has 0 radical (unpaired) electrons. The number of aromatic nitrogens is 2. The molecule has 0 atom stereocenters. The van der Waals surface area contributed by atoms with Gasteiger partial charge < -0.3 is 9.73 Å². The highest BCUT2D eigenvalue weighted by Crippen LogP contribution is 2.20. The zero-order chi connectivity index (χ0) is 13.0. The molecule has 2 heterocycles. The van der Waals surface area contributed by atoms with Crippen LogP contribution in [0, 0.1) is 10.1 Å². The number of nitrogens with one attached hydrogen (secondary N) is 1. The fourth-order valence-electron chi connectivity index (χ4n) is 1.43. The van der Waals surface area contributed by atoms with Gasteiger partial charge in [0.1, 0.15) is 5.76 Å². The van der Waals surface area contributed by atoms with Crippen molar-refractivity contribution in [1.82, 2.24) is 9.97 Å². The highest BCUT2D eigenvalue weighted by atomic mass is 16.6. The molecule has 0 amide bonds. The van der Waals surface area contributed by atoms with Gasteiger partial charge in [-0.05, 0) is 6.07 Å². The summed E-state index contributed by atoms with van der Waals surface area (Å²) < 4.78 is 5.38. The maximum atomic E-state index is 10.8. The Labute approximate surface area is 103 Å². The van der Waals surface area contributed by atoms with E-state index < -0.39 is 4.92 Å². The first-order valence-electron chi connectivity index (χ1n) is 5.47. The number of nitrogens with zero attached hydrogens (tertiary/aromatic N) is 3. The molecule has 1 N–H and O–H groups in total. The Balaban J connectivity index is 2.08. The average Bonchev–Trinajstić information content (AvgIpc) is 2.84. The van der Waals surface area contributed by atoms with Crippen molar-refractivity contribution < 1.29 is 9.34 Å². The van der Waals surface area contributed by atoms with E-state index in [9.17, 15) is 10.1 Å². The summed E-state index contributed by atoms with van der Waals surface area (Å²) in [5.74, 6) is 1.47. The lowest BCUT2D eigenvalue weighted by Crippen LogP contribution is -2.04. The monoisotopic (exact) mass is 248 g/mol. The lowest BCUT2D eigenvalue weighted by atomic mass is 10.4. The zero-order valence-corrected chi connectivity index (χ0v) is 9.79. The molecule has 0 unspecified atom stereocenters. The van der Waals surface area contributed by atoms with Crippen LogP contribution in [0.3, 0.4) is 0 Å². The van der Waals surface area contributed by atoms with E-state index in [0.29, 0.717) is 5.89 Å². The Morgan fingerprint density at radius 1 is 1.50 bits per heavy atom. The van der Waals surface area contributed by atoms with Gasteiger partial charge in [0, 0.05) is 18.7 Å². The van der Waals surface area contributed by atoms with Crippen molar-refractivity contribution in [2.45, 2.75) is 19.9 Å². The molecule has 0 fully saturated rings. The Hall–Kier alpha value is -2.44. The molecular formula is C11H12N4O3. The second kappa shape index (κ2) is 5.26. The smallest absolute Gasteiger partial charge is 0.311 e. The summed E-state index contributed by atoms with van der Waals surface area (Å²) >= 11 is 0. The molecule has 94 valence electrons. The first-order chi connectivity index (χ1) is 8.70. The summed E-state index contributed by atoms with van der Waals surface area (Å²) in [6, 6.07) is 2.91. The topological polar surface area (TPSA) is 94.1 Å². The molecule has 0 bridgehead atoms. The van der Waals surface area contributed by atoms with E-state index in [1.165, 1.54) is 18.3 Å². The van der Waals surface area contributed by atoms with Crippen LogP contribution in [0.15, 0.2) is 28.9 Å². The van der Waals surface area contributed by atoms with E-state index in [0.717, 1.165) is 12.2 Å². The van der Waals surface area contributed by atoms with Crippen molar-refractivity contribution >= 4 is 11.5 Å². The summed E-state index contributed by atoms with van der Waals surface area (Å²) in [5, 5.41) is 13.6. The van der Waals surface area contributed by atoms with Crippen molar-refractivity contribution in [2.75, 3.05) is 5.32 Å². The number of hydrogen-bond donors (Lipinski definition) is 1. The van der Waals surface area contributed by atoms with Crippen LogP contribution in [-0.4, -0.2) is 14.9 Å². The maximum absolute atomic E-state index is 10.8. The number of anilines is 1. The number of nitro groups is 1. The molecule has 2 aromatic heterocycles. The summed E-state index contributed by atoms with van der Waals surface area (Å²) in [6.07, 6.45) is 3.89. The Morgan fingerprint density at radius 2 is 2.33 bits per heavy atom. The zero-order valence-electron chi connectivity index (χ0n) is 9.79. The molecule has 0 aliphatic heterocycles. The summed E-state index contributed by atoms with van der Waals surface area (Å²) in [4.78, 5) is 18.3. The molecule has 2 aromatic rings. The third-order valence-corrected chi connectivity index (χ3v) is 2.34. The van der Waals surface area contributed by atoms with Crippen LogP contribution in [0.5, 0.6) is 0 Å². The van der Waals surface area contributed by atoms with Crippen LogP contribution < -0.4 is 5.32 Å². The van der Waals surface area contributed by atoms with Gasteiger partial charge in [0.05, 0.1) is 17.7 Å². The van der Waals surface area contributed by atoms with E-state index in [1.807, 2.05) is 6.92 Å². The van der Waals surface area contributed by atoms with Crippen LogP contribution in [0.4, 0.5) is 11.5 Å². The normalized spacial score (nSPS) is 10.3. The van der Waals surface area contributed by atoms with Crippen LogP contribution in [0.2, 0.25) is 0 Å². The molecule has 7 nitrogen and oxygen atoms in total. The summed E-state index contributed by atoms with van der Waals surface area (Å²) in [7, 11) is 0. The largest absolute Gasteiger partial charge is 0.444 e. The van der Waals surface area contributed by atoms with Crippen LogP contribution >= 0.6 is 0 Å². The van der Waals surface area contributed by atoms with Gasteiger partial charge in [0.2, 0.25) is 11.7 Å². The molecule has 0 saturated carbocycles. The summed E-state index contributed by atoms with van der Waals surface area (Å²) in [5.41, 5.74) is -0.0697. The van der Waals surface area contributed by atoms with E-state index in [4.69, 9.17) is 4.42 Å². The lowest BCUT2D eigenvalue weighted by molar-refractivity contribution is -0.384. The molecule has 0 spiro atoms. The van der Waals surface area contributed by atoms with Gasteiger partial charge in [-0.2, -0.15) is 0 Å². The fourth-order valence-corrected chi connectivity index (χ4v) is 1.43. The molecule has 0 saturated heterocycles. The first-order valence-corrected chi connectivity index (χ1v) is 5.47. The van der Waals surface area contributed by atoms with Gasteiger partial charge in [-0.15, -0.1) is 0 Å². The van der Waals surface area contributed by atoms with Gasteiger partial charge in [0.15, 0.2) is 0 Å². The third kappa shape index (κ3) is 2.62. The van der Waals surface area contributed by atoms with Crippen molar-refractivity contribution in [1.29, 1.82) is 0 Å². The minimum atomic E-state index is -0.484. The van der Waals surface area contributed by atoms with Gasteiger partial charge in [0.25, 0.3) is 0 Å². The molecule has 0 aliphatic carbocycles. The van der Waals surface area contributed by atoms with E-state index in [2.05, 4.69) is 15.3 Å². The van der Waals surface area contributed by atoms with E-state index in [1.54, 1.807) is 6.20 Å². The quantitative estimate of drug-likeness (QED) is 0.643. The van der Waals surface area contributed by atoms with Crippen LogP contribution in [-0.2, 0) is 13.0 Å². The van der Waals surface area contributed by atoms with Crippen molar-refractivity contribution in [3.63, 3.8) is 0 Å². The van der Waals surface area contributed by atoms with Crippen molar-refractivity contribution in [2.24, 2.45) is 0 Å². The summed E-state index contributed by atoms with van der Waals surface area (Å²) in [6.45, 7) is 2.22. The molecule has 7 heteroatoms. The fraction of sp³-hybridized carbons (Fsp3) is 0.273. The number of hydrogen-bond acceptors (Lipinski definition) is 6. The van der Waals surface area contributed by atoms with E-state index in [-0.39, 0.29) is 18.1 Å². The average molecular weight is 248 g/mol. The SMILES string of the molecule is CCc1cnc(CNc2ncccc2[N+](=O)[O-])o1. The molecule has 2 rings (SSSR count). The van der Waals surface area contributed by atoms with Gasteiger partial charge in [-0.3, -0.25) is 10.1 Å². The van der Waals surface area contributed by atoms with E-state index >= 15 is 0 Å². The second-order valence-electron chi connectivity index (χ2n) is 3.56. The predicted octanol–water partition coefficient (Wildman–Crippen LogP) is 2.15. The molecular weight excluding hydrogens is 236 g/mol. The van der Waals surface area contributed by atoms with Crippen molar-refractivity contribution in [3.8, 4) is 0 Å². The number of pyridine rings is 1. The highest BCUT2D eigenvalue weighted by molar-refractivity contribution is 5.54. The second-order valence-corrected chi connectivity index (χ2v) is 3.56. The number of aryl methyl sites for hydroxylation is 1. The molecule has 18 heavy (non-hydrogen) atoms. The Morgan fingerprint density at radius 3 is 3.00 bits per heavy atom. The third-order valence-electron chi connectivity index (χ3n) is 2.34. The lowest BCUT2D eigenvalue weighted by Gasteiger charge is -2.02. The Kier molecular flexibility index (Phi) is 3.52. The van der Waals surface area contributed by atoms with Gasteiger partial charge in [-0.25, -0.2) is 9.97 Å². The van der Waals surface area contributed by atoms with Crippen LogP contribution in [0.25, 0.3) is 0 Å². The molecule has 0 aromatic carbocycles. The Bertz CT molecular complexity index is 553.